The minimum Gasteiger partial charge on any atom is -0.335 e. The first-order valence-corrected chi connectivity index (χ1v) is 8.65. The first-order valence-electron chi connectivity index (χ1n) is 8.65. The topological polar surface area (TPSA) is 41.4 Å². The molecule has 1 aromatic carbocycles. The zero-order chi connectivity index (χ0) is 17.3. The molecule has 5 nitrogen and oxygen atoms in total. The maximum atomic E-state index is 12.7. The highest BCUT2D eigenvalue weighted by Gasteiger charge is 2.23. The van der Waals surface area contributed by atoms with E-state index >= 15 is 0 Å². The number of piperazine rings is 1. The zero-order valence-corrected chi connectivity index (χ0v) is 15.0. The lowest BCUT2D eigenvalue weighted by molar-refractivity contribution is 0.0637. The molecule has 1 aromatic heterocycles. The van der Waals surface area contributed by atoms with Crippen LogP contribution in [0, 0.1) is 20.8 Å². The zero-order valence-electron chi connectivity index (χ0n) is 15.0. The van der Waals surface area contributed by atoms with Crippen molar-refractivity contribution in [3.8, 4) is 5.69 Å². The van der Waals surface area contributed by atoms with E-state index in [-0.39, 0.29) is 5.91 Å². The Morgan fingerprint density at radius 2 is 1.75 bits per heavy atom. The van der Waals surface area contributed by atoms with Crippen molar-refractivity contribution in [1.29, 1.82) is 0 Å². The van der Waals surface area contributed by atoms with Crippen molar-refractivity contribution in [2.24, 2.45) is 0 Å². The molecule has 0 radical (unpaired) electrons. The van der Waals surface area contributed by atoms with Crippen molar-refractivity contribution >= 4 is 5.91 Å². The van der Waals surface area contributed by atoms with Crippen LogP contribution in [0.15, 0.2) is 24.3 Å². The second-order valence-electron chi connectivity index (χ2n) is 6.58. The molecule has 5 heteroatoms. The monoisotopic (exact) mass is 326 g/mol. The van der Waals surface area contributed by atoms with Crippen molar-refractivity contribution in [3.63, 3.8) is 0 Å². The fourth-order valence-corrected chi connectivity index (χ4v) is 3.13. The molecule has 0 atom stereocenters. The molecule has 1 aliphatic rings. The SMILES string of the molecule is CCN1CCN(C(=O)c2cc(C)n(-c3ccc(C)c(C)c3)n2)CC1. The molecule has 1 aliphatic heterocycles. The number of amides is 1. The van der Waals surface area contributed by atoms with Gasteiger partial charge in [-0.2, -0.15) is 5.10 Å². The predicted octanol–water partition coefficient (Wildman–Crippen LogP) is 2.58. The summed E-state index contributed by atoms with van der Waals surface area (Å²) in [4.78, 5) is 17.0. The van der Waals surface area contributed by atoms with Gasteiger partial charge in [0.1, 0.15) is 0 Å². The molecule has 1 fully saturated rings. The first-order chi connectivity index (χ1) is 11.5. The van der Waals surface area contributed by atoms with Crippen LogP contribution in [-0.4, -0.2) is 58.2 Å². The predicted molar refractivity (Wildman–Crippen MR) is 95.8 cm³/mol. The fourth-order valence-electron chi connectivity index (χ4n) is 3.13. The second-order valence-corrected chi connectivity index (χ2v) is 6.58. The number of aromatic nitrogens is 2. The van der Waals surface area contributed by atoms with Crippen molar-refractivity contribution in [1.82, 2.24) is 19.6 Å². The molecular formula is C19H26N4O. The van der Waals surface area contributed by atoms with E-state index in [1.807, 2.05) is 22.6 Å². The molecule has 0 bridgehead atoms. The Balaban J connectivity index is 1.81. The van der Waals surface area contributed by atoms with Crippen LogP contribution in [0.5, 0.6) is 0 Å². The summed E-state index contributed by atoms with van der Waals surface area (Å²) in [6.45, 7) is 12.8. The lowest BCUT2D eigenvalue weighted by Gasteiger charge is -2.33. The van der Waals surface area contributed by atoms with Crippen LogP contribution >= 0.6 is 0 Å². The van der Waals surface area contributed by atoms with Gasteiger partial charge in [-0.05, 0) is 56.6 Å². The summed E-state index contributed by atoms with van der Waals surface area (Å²) in [5.41, 5.74) is 5.01. The van der Waals surface area contributed by atoms with E-state index in [1.165, 1.54) is 11.1 Å². The molecule has 0 saturated carbocycles. The smallest absolute Gasteiger partial charge is 0.274 e. The summed E-state index contributed by atoms with van der Waals surface area (Å²) < 4.78 is 1.86. The summed E-state index contributed by atoms with van der Waals surface area (Å²) >= 11 is 0. The van der Waals surface area contributed by atoms with Crippen LogP contribution in [0.3, 0.4) is 0 Å². The Hall–Kier alpha value is -2.14. The van der Waals surface area contributed by atoms with Gasteiger partial charge < -0.3 is 9.80 Å². The standard InChI is InChI=1S/C19H26N4O/c1-5-21-8-10-22(11-9-21)19(24)18-13-16(4)23(20-18)17-7-6-14(2)15(3)12-17/h6-7,12-13H,5,8-11H2,1-4H3. The Morgan fingerprint density at radius 3 is 2.38 bits per heavy atom. The van der Waals surface area contributed by atoms with E-state index in [4.69, 9.17) is 0 Å². The summed E-state index contributed by atoms with van der Waals surface area (Å²) in [6.07, 6.45) is 0. The summed E-state index contributed by atoms with van der Waals surface area (Å²) in [5.74, 6) is 0.0384. The number of rotatable bonds is 3. The minimum atomic E-state index is 0.0384. The number of carbonyl (C=O) groups is 1. The minimum absolute atomic E-state index is 0.0384. The third-order valence-electron chi connectivity index (χ3n) is 4.95. The van der Waals surface area contributed by atoms with Crippen molar-refractivity contribution in [3.05, 3.63) is 46.8 Å². The Bertz CT molecular complexity index is 742. The average molecular weight is 326 g/mol. The maximum Gasteiger partial charge on any atom is 0.274 e. The van der Waals surface area contributed by atoms with E-state index in [0.717, 1.165) is 44.1 Å². The van der Waals surface area contributed by atoms with Gasteiger partial charge in [0.05, 0.1) is 5.69 Å². The molecule has 3 rings (SSSR count). The Kier molecular flexibility index (Phi) is 4.71. The Labute approximate surface area is 143 Å². The largest absolute Gasteiger partial charge is 0.335 e. The molecule has 0 unspecified atom stereocenters. The van der Waals surface area contributed by atoms with Crippen molar-refractivity contribution in [2.45, 2.75) is 27.7 Å². The molecule has 0 aliphatic carbocycles. The fraction of sp³-hybridized carbons (Fsp3) is 0.474. The highest BCUT2D eigenvalue weighted by Crippen LogP contribution is 2.17. The molecular weight excluding hydrogens is 300 g/mol. The van der Waals surface area contributed by atoms with Gasteiger partial charge in [0, 0.05) is 31.9 Å². The lowest BCUT2D eigenvalue weighted by atomic mass is 10.1. The van der Waals surface area contributed by atoms with Gasteiger partial charge >= 0.3 is 0 Å². The molecule has 0 spiro atoms. The van der Waals surface area contributed by atoms with Crippen LogP contribution in [0.25, 0.3) is 5.69 Å². The van der Waals surface area contributed by atoms with Crippen molar-refractivity contribution < 1.29 is 4.79 Å². The van der Waals surface area contributed by atoms with E-state index < -0.39 is 0 Å². The number of aryl methyl sites for hydroxylation is 3. The molecule has 2 heterocycles. The highest BCUT2D eigenvalue weighted by atomic mass is 16.2. The van der Waals surface area contributed by atoms with Gasteiger partial charge in [0.15, 0.2) is 5.69 Å². The highest BCUT2D eigenvalue weighted by molar-refractivity contribution is 5.92. The van der Waals surface area contributed by atoms with E-state index in [0.29, 0.717) is 5.69 Å². The number of likely N-dealkylation sites (N-methyl/N-ethyl adjacent to an activating group) is 1. The van der Waals surface area contributed by atoms with Crippen LogP contribution in [0.1, 0.15) is 34.2 Å². The molecule has 0 N–H and O–H groups in total. The normalized spacial score (nSPS) is 15.8. The summed E-state index contributed by atoms with van der Waals surface area (Å²) in [5, 5.41) is 4.58. The van der Waals surface area contributed by atoms with Crippen molar-refractivity contribution in [2.75, 3.05) is 32.7 Å². The number of carbonyl (C=O) groups excluding carboxylic acids is 1. The summed E-state index contributed by atoms with van der Waals surface area (Å²) in [6, 6.07) is 8.15. The van der Waals surface area contributed by atoms with Gasteiger partial charge in [-0.3, -0.25) is 4.79 Å². The lowest BCUT2D eigenvalue weighted by Crippen LogP contribution is -2.48. The first kappa shape index (κ1) is 16.7. The quantitative estimate of drug-likeness (QED) is 0.870. The van der Waals surface area contributed by atoms with Gasteiger partial charge in [-0.1, -0.05) is 13.0 Å². The third kappa shape index (κ3) is 3.22. The average Bonchev–Trinajstić information content (AvgIpc) is 2.98. The molecule has 24 heavy (non-hydrogen) atoms. The molecule has 1 saturated heterocycles. The second kappa shape index (κ2) is 6.77. The maximum absolute atomic E-state index is 12.7. The van der Waals surface area contributed by atoms with Crippen LogP contribution in [-0.2, 0) is 0 Å². The van der Waals surface area contributed by atoms with E-state index in [1.54, 1.807) is 0 Å². The molecule has 2 aromatic rings. The van der Waals surface area contributed by atoms with Gasteiger partial charge in [-0.15, -0.1) is 0 Å². The van der Waals surface area contributed by atoms with Gasteiger partial charge in [0.25, 0.3) is 5.91 Å². The van der Waals surface area contributed by atoms with Crippen LogP contribution in [0.2, 0.25) is 0 Å². The van der Waals surface area contributed by atoms with Crippen LogP contribution in [0.4, 0.5) is 0 Å². The molecule has 128 valence electrons. The Morgan fingerprint density at radius 1 is 1.04 bits per heavy atom. The van der Waals surface area contributed by atoms with Crippen LogP contribution < -0.4 is 0 Å². The van der Waals surface area contributed by atoms with Gasteiger partial charge in [-0.25, -0.2) is 4.68 Å². The number of benzene rings is 1. The summed E-state index contributed by atoms with van der Waals surface area (Å²) in [7, 11) is 0. The van der Waals surface area contributed by atoms with Gasteiger partial charge in [0.2, 0.25) is 0 Å². The van der Waals surface area contributed by atoms with E-state index in [2.05, 4.69) is 49.0 Å². The number of nitrogens with zero attached hydrogens (tertiary/aromatic N) is 4. The number of hydrogen-bond donors (Lipinski definition) is 0. The molecule has 1 amide bonds. The number of hydrogen-bond acceptors (Lipinski definition) is 3. The third-order valence-corrected chi connectivity index (χ3v) is 4.95. The van der Waals surface area contributed by atoms with E-state index in [9.17, 15) is 4.79 Å².